The molecule has 1 fully saturated rings. The van der Waals surface area contributed by atoms with Crippen LogP contribution < -0.4 is 0 Å². The van der Waals surface area contributed by atoms with E-state index in [9.17, 15) is 10.4 Å². The minimum atomic E-state index is -1.05. The van der Waals surface area contributed by atoms with E-state index in [-0.39, 0.29) is 5.41 Å². The van der Waals surface area contributed by atoms with Crippen LogP contribution >= 0.6 is 11.3 Å². The first-order valence-corrected chi connectivity index (χ1v) is 8.64. The van der Waals surface area contributed by atoms with Gasteiger partial charge in [-0.15, -0.1) is 11.3 Å². The first kappa shape index (κ1) is 16.5. The predicted molar refractivity (Wildman–Crippen MR) is 88.1 cm³/mol. The Bertz CT molecular complexity index is 536. The van der Waals surface area contributed by atoms with E-state index < -0.39 is 11.0 Å². The van der Waals surface area contributed by atoms with E-state index in [0.29, 0.717) is 5.92 Å². The maximum Gasteiger partial charge on any atom is 0.114 e. The lowest BCUT2D eigenvalue weighted by atomic mass is 9.59. The van der Waals surface area contributed by atoms with Gasteiger partial charge in [-0.3, -0.25) is 0 Å². The third-order valence-electron chi connectivity index (χ3n) is 5.43. The summed E-state index contributed by atoms with van der Waals surface area (Å²) in [6.07, 6.45) is 3.62. The van der Waals surface area contributed by atoms with Crippen LogP contribution in [0.3, 0.4) is 0 Å². The molecule has 1 N–H and O–H groups in total. The van der Waals surface area contributed by atoms with Crippen LogP contribution in [0.5, 0.6) is 0 Å². The Kier molecular flexibility index (Phi) is 4.26. The normalized spacial score (nSPS) is 29.7. The van der Waals surface area contributed by atoms with Crippen molar-refractivity contribution >= 4 is 11.3 Å². The smallest absolute Gasteiger partial charge is 0.114 e. The van der Waals surface area contributed by atoms with Crippen molar-refractivity contribution in [2.75, 3.05) is 0 Å². The summed E-state index contributed by atoms with van der Waals surface area (Å²) in [6, 6.07) is 6.50. The van der Waals surface area contributed by atoms with Crippen LogP contribution in [0.15, 0.2) is 12.1 Å². The van der Waals surface area contributed by atoms with Gasteiger partial charge in [0.05, 0.1) is 11.5 Å². The summed E-state index contributed by atoms with van der Waals surface area (Å²) in [4.78, 5) is 2.11. The fraction of sp³-hybridized carbons (Fsp3) is 0.722. The van der Waals surface area contributed by atoms with Crippen LogP contribution in [0.1, 0.15) is 63.1 Å². The first-order valence-electron chi connectivity index (χ1n) is 7.83. The van der Waals surface area contributed by atoms with Crippen molar-refractivity contribution in [2.45, 2.75) is 65.9 Å². The SMILES string of the molecule is Cc1ccc(C(C)(O)C2(C#N)CCC(C(C)(C)C)CC2)s1. The number of nitriles is 1. The lowest BCUT2D eigenvalue weighted by Crippen LogP contribution is -2.45. The highest BCUT2D eigenvalue weighted by molar-refractivity contribution is 7.12. The van der Waals surface area contributed by atoms with Gasteiger partial charge in [0.1, 0.15) is 5.60 Å². The second kappa shape index (κ2) is 5.41. The summed E-state index contributed by atoms with van der Waals surface area (Å²) in [5.74, 6) is 0.639. The molecule has 0 spiro atoms. The van der Waals surface area contributed by atoms with Gasteiger partial charge in [-0.2, -0.15) is 5.26 Å². The van der Waals surface area contributed by atoms with Crippen molar-refractivity contribution < 1.29 is 5.11 Å². The number of rotatable bonds is 2. The van der Waals surface area contributed by atoms with Gasteiger partial charge < -0.3 is 5.11 Å². The summed E-state index contributed by atoms with van der Waals surface area (Å²) < 4.78 is 0. The molecule has 0 bridgehead atoms. The van der Waals surface area contributed by atoms with Crippen molar-refractivity contribution in [3.05, 3.63) is 21.9 Å². The minimum absolute atomic E-state index is 0.285. The second-order valence-corrected chi connectivity index (χ2v) is 9.10. The Morgan fingerprint density at radius 1 is 1.24 bits per heavy atom. The lowest BCUT2D eigenvalue weighted by Gasteiger charge is -2.46. The summed E-state index contributed by atoms with van der Waals surface area (Å²) in [7, 11) is 0. The number of aliphatic hydroxyl groups is 1. The molecule has 2 nitrogen and oxygen atoms in total. The van der Waals surface area contributed by atoms with Gasteiger partial charge in [0.2, 0.25) is 0 Å². The van der Waals surface area contributed by atoms with Gasteiger partial charge in [0, 0.05) is 9.75 Å². The molecule has 0 aromatic carbocycles. The highest BCUT2D eigenvalue weighted by Crippen LogP contribution is 2.54. The molecule has 1 aromatic heterocycles. The minimum Gasteiger partial charge on any atom is -0.383 e. The molecule has 2 rings (SSSR count). The van der Waals surface area contributed by atoms with E-state index >= 15 is 0 Å². The number of nitrogens with zero attached hydrogens (tertiary/aromatic N) is 1. The van der Waals surface area contributed by atoms with Gasteiger partial charge in [-0.05, 0) is 63.0 Å². The Labute approximate surface area is 132 Å². The molecule has 3 heteroatoms. The van der Waals surface area contributed by atoms with Crippen LogP contribution in [-0.4, -0.2) is 5.11 Å². The molecule has 0 aliphatic heterocycles. The Morgan fingerprint density at radius 3 is 2.19 bits per heavy atom. The summed E-state index contributed by atoms with van der Waals surface area (Å²) >= 11 is 1.61. The zero-order chi connectivity index (χ0) is 15.9. The van der Waals surface area contributed by atoms with Crippen LogP contribution in [0.4, 0.5) is 0 Å². The van der Waals surface area contributed by atoms with Crippen LogP contribution in [0.25, 0.3) is 0 Å². The van der Waals surface area contributed by atoms with Crippen LogP contribution in [-0.2, 0) is 5.60 Å². The lowest BCUT2D eigenvalue weighted by molar-refractivity contribution is -0.0738. The summed E-state index contributed by atoms with van der Waals surface area (Å²) in [5.41, 5.74) is -1.41. The summed E-state index contributed by atoms with van der Waals surface area (Å²) in [5, 5.41) is 21.0. The fourth-order valence-corrected chi connectivity index (χ4v) is 4.63. The average Bonchev–Trinajstić information content (AvgIpc) is 2.85. The molecule has 0 amide bonds. The molecule has 21 heavy (non-hydrogen) atoms. The van der Waals surface area contributed by atoms with Gasteiger partial charge in [-0.1, -0.05) is 20.8 Å². The molecular formula is C18H27NOS. The molecule has 116 valence electrons. The maximum absolute atomic E-state index is 11.2. The van der Waals surface area contributed by atoms with E-state index in [2.05, 4.69) is 26.8 Å². The quantitative estimate of drug-likeness (QED) is 0.834. The molecule has 1 unspecified atom stereocenters. The topological polar surface area (TPSA) is 44.0 Å². The molecule has 1 aromatic rings. The molecule has 0 radical (unpaired) electrons. The van der Waals surface area contributed by atoms with E-state index in [1.165, 1.54) is 4.88 Å². The number of hydrogen-bond donors (Lipinski definition) is 1. The van der Waals surface area contributed by atoms with Crippen molar-refractivity contribution in [3.8, 4) is 6.07 Å². The van der Waals surface area contributed by atoms with E-state index in [4.69, 9.17) is 0 Å². The Morgan fingerprint density at radius 2 is 1.81 bits per heavy atom. The average molecular weight is 305 g/mol. The largest absolute Gasteiger partial charge is 0.383 e. The van der Waals surface area contributed by atoms with Crippen molar-refractivity contribution in [1.29, 1.82) is 5.26 Å². The van der Waals surface area contributed by atoms with Gasteiger partial charge in [-0.25, -0.2) is 0 Å². The van der Waals surface area contributed by atoms with Crippen molar-refractivity contribution in [2.24, 2.45) is 16.7 Å². The van der Waals surface area contributed by atoms with E-state index in [1.54, 1.807) is 11.3 Å². The van der Waals surface area contributed by atoms with Crippen molar-refractivity contribution in [1.82, 2.24) is 0 Å². The van der Waals surface area contributed by atoms with Crippen LogP contribution in [0, 0.1) is 35.0 Å². The number of aryl methyl sites for hydroxylation is 1. The predicted octanol–water partition coefficient (Wildman–Crippen LogP) is 5.01. The number of hydrogen-bond acceptors (Lipinski definition) is 3. The molecule has 1 heterocycles. The summed E-state index contributed by atoms with van der Waals surface area (Å²) in [6.45, 7) is 10.7. The molecule has 1 saturated carbocycles. The molecule has 1 atom stereocenters. The molecular weight excluding hydrogens is 278 g/mol. The first-order chi connectivity index (χ1) is 9.62. The zero-order valence-corrected chi connectivity index (χ0v) is 14.7. The van der Waals surface area contributed by atoms with E-state index in [0.717, 1.165) is 30.6 Å². The fourth-order valence-electron chi connectivity index (χ4n) is 3.62. The molecule has 1 aliphatic rings. The second-order valence-electron chi connectivity index (χ2n) is 7.82. The standard InChI is InChI=1S/C18H27NOS/c1-13-6-7-15(21-13)17(5,20)18(12-19)10-8-14(9-11-18)16(2,3)4/h6-7,14,20H,8-11H2,1-5H3. The maximum atomic E-state index is 11.2. The third kappa shape index (κ3) is 2.89. The highest BCUT2D eigenvalue weighted by atomic mass is 32.1. The van der Waals surface area contributed by atoms with Crippen molar-refractivity contribution in [3.63, 3.8) is 0 Å². The molecule has 1 aliphatic carbocycles. The van der Waals surface area contributed by atoms with Gasteiger partial charge >= 0.3 is 0 Å². The Balaban J connectivity index is 2.26. The van der Waals surface area contributed by atoms with E-state index in [1.807, 2.05) is 26.0 Å². The van der Waals surface area contributed by atoms with Gasteiger partial charge in [0.15, 0.2) is 0 Å². The number of thiophene rings is 1. The Hall–Kier alpha value is -0.850. The van der Waals surface area contributed by atoms with Crippen LogP contribution in [0.2, 0.25) is 0 Å². The highest BCUT2D eigenvalue weighted by Gasteiger charge is 2.52. The van der Waals surface area contributed by atoms with Gasteiger partial charge in [0.25, 0.3) is 0 Å². The monoisotopic (exact) mass is 305 g/mol. The zero-order valence-electron chi connectivity index (χ0n) is 13.9. The third-order valence-corrected chi connectivity index (χ3v) is 6.64. The molecule has 0 saturated heterocycles.